The van der Waals surface area contributed by atoms with Crippen molar-refractivity contribution in [3.8, 4) is 0 Å². The highest BCUT2D eigenvalue weighted by molar-refractivity contribution is 6.06. The van der Waals surface area contributed by atoms with Gasteiger partial charge in [-0.05, 0) is 43.0 Å². The van der Waals surface area contributed by atoms with Gasteiger partial charge in [0.15, 0.2) is 0 Å². The minimum Gasteiger partial charge on any atom is -0.342 e. The molecule has 42 heavy (non-hydrogen) atoms. The van der Waals surface area contributed by atoms with Gasteiger partial charge in [-0.1, -0.05) is 36.4 Å². The molecule has 0 unspecified atom stereocenters. The molecule has 2 amide bonds. The Balaban J connectivity index is 1.18. The highest BCUT2D eigenvalue weighted by Crippen LogP contribution is 2.47. The van der Waals surface area contributed by atoms with Crippen molar-refractivity contribution in [2.24, 2.45) is 0 Å². The molecular formula is C31H27F3N6O2. The van der Waals surface area contributed by atoms with Crippen LogP contribution in [-0.4, -0.2) is 37.5 Å². The minimum absolute atomic E-state index is 0.0685. The Bertz CT molecular complexity index is 1720. The van der Waals surface area contributed by atoms with Crippen LogP contribution in [0.2, 0.25) is 0 Å². The molecule has 1 aliphatic carbocycles. The Labute approximate surface area is 239 Å². The molecule has 3 aromatic heterocycles. The van der Waals surface area contributed by atoms with Gasteiger partial charge in [0.1, 0.15) is 11.6 Å². The van der Waals surface area contributed by atoms with Crippen LogP contribution in [0.4, 0.5) is 19.0 Å². The predicted molar refractivity (Wildman–Crippen MR) is 147 cm³/mol. The number of alkyl halides is 3. The first-order chi connectivity index (χ1) is 20.1. The average Bonchev–Trinajstić information content (AvgIpc) is 3.63. The molecule has 4 aromatic rings. The summed E-state index contributed by atoms with van der Waals surface area (Å²) in [5, 5.41) is 5.90. The number of aromatic nitrogens is 4. The second kappa shape index (κ2) is 9.50. The van der Waals surface area contributed by atoms with Gasteiger partial charge in [0.25, 0.3) is 5.91 Å². The van der Waals surface area contributed by atoms with E-state index in [1.165, 1.54) is 12.4 Å². The fourth-order valence-corrected chi connectivity index (χ4v) is 6.93. The molecule has 214 valence electrons. The third-order valence-corrected chi connectivity index (χ3v) is 8.88. The Morgan fingerprint density at radius 3 is 2.69 bits per heavy atom. The number of carbonyl (C=O) groups is 2. The number of amides is 2. The van der Waals surface area contributed by atoms with Crippen molar-refractivity contribution in [1.82, 2.24) is 24.8 Å². The van der Waals surface area contributed by atoms with E-state index in [4.69, 9.17) is 0 Å². The molecule has 2 aliphatic heterocycles. The van der Waals surface area contributed by atoms with Crippen molar-refractivity contribution < 1.29 is 22.8 Å². The highest BCUT2D eigenvalue weighted by Gasteiger charge is 2.51. The number of nitrogens with zero attached hydrogens (tertiary/aromatic N) is 4. The summed E-state index contributed by atoms with van der Waals surface area (Å²) in [5.41, 5.74) is 2.94. The Kier molecular flexibility index (Phi) is 5.96. The van der Waals surface area contributed by atoms with E-state index < -0.39 is 30.0 Å². The molecule has 8 nitrogen and oxygen atoms in total. The maximum atomic E-state index is 13.6. The first-order valence-electron chi connectivity index (χ1n) is 13.9. The molecule has 7 rings (SSSR count). The van der Waals surface area contributed by atoms with Crippen LogP contribution < -0.4 is 10.6 Å². The molecule has 0 saturated carbocycles. The lowest BCUT2D eigenvalue weighted by Gasteiger charge is -2.37. The summed E-state index contributed by atoms with van der Waals surface area (Å²) in [6.07, 6.45) is 0.173. The monoisotopic (exact) mass is 572 g/mol. The zero-order chi connectivity index (χ0) is 29.2. The van der Waals surface area contributed by atoms with Gasteiger partial charge in [-0.15, -0.1) is 0 Å². The van der Waals surface area contributed by atoms with Gasteiger partial charge < -0.3 is 15.2 Å². The smallest absolute Gasteiger partial charge is 0.342 e. The highest BCUT2D eigenvalue weighted by atomic mass is 19.4. The zero-order valence-corrected chi connectivity index (χ0v) is 22.7. The molecule has 11 heteroatoms. The van der Waals surface area contributed by atoms with E-state index >= 15 is 0 Å². The number of carbonyl (C=O) groups excluding carboxylic acids is 2. The second-order valence-electron chi connectivity index (χ2n) is 11.4. The van der Waals surface area contributed by atoms with Crippen LogP contribution in [0, 0.1) is 0 Å². The number of anilines is 1. The normalized spacial score (nSPS) is 24.2. The van der Waals surface area contributed by atoms with Crippen molar-refractivity contribution in [2.45, 2.75) is 62.2 Å². The molecule has 4 atom stereocenters. The fourth-order valence-electron chi connectivity index (χ4n) is 6.93. The number of rotatable bonds is 4. The summed E-state index contributed by atoms with van der Waals surface area (Å²) >= 11 is 0. The number of imidazole rings is 1. The van der Waals surface area contributed by atoms with E-state index in [1.54, 1.807) is 22.9 Å². The van der Waals surface area contributed by atoms with Crippen molar-refractivity contribution in [3.05, 3.63) is 107 Å². The van der Waals surface area contributed by atoms with Crippen LogP contribution in [0.3, 0.4) is 0 Å². The molecule has 0 saturated heterocycles. The number of pyridine rings is 2. The molecule has 1 spiro atoms. The van der Waals surface area contributed by atoms with Gasteiger partial charge in [0, 0.05) is 53.9 Å². The number of fused-ring (bicyclic) bond motifs is 4. The van der Waals surface area contributed by atoms with Crippen LogP contribution >= 0.6 is 0 Å². The fraction of sp³-hybridized carbons (Fsp3) is 0.323. The lowest BCUT2D eigenvalue weighted by atomic mass is 9.80. The maximum absolute atomic E-state index is 13.6. The summed E-state index contributed by atoms with van der Waals surface area (Å²) in [6.45, 7) is 1.90. The van der Waals surface area contributed by atoms with Gasteiger partial charge >= 0.3 is 6.18 Å². The van der Waals surface area contributed by atoms with E-state index in [1.807, 2.05) is 43.3 Å². The first kappa shape index (κ1) is 26.4. The number of halogens is 3. The molecule has 2 N–H and O–H groups in total. The van der Waals surface area contributed by atoms with E-state index in [-0.39, 0.29) is 23.6 Å². The van der Waals surface area contributed by atoms with Gasteiger partial charge in [0.05, 0.1) is 23.4 Å². The SMILES string of the molecule is C[C@@H]1[C@H](c2ccccc2)C[C@H](NC(=O)c2cnc3c(c2)C[C@@]2(C3)C(=O)Nc3ncccc32)c2ncc(CC(F)(F)F)n21. The molecular weight excluding hydrogens is 545 g/mol. The third kappa shape index (κ3) is 4.26. The van der Waals surface area contributed by atoms with Crippen molar-refractivity contribution in [2.75, 3.05) is 5.32 Å². The van der Waals surface area contributed by atoms with Crippen LogP contribution in [0.1, 0.15) is 75.6 Å². The van der Waals surface area contributed by atoms with E-state index in [9.17, 15) is 22.8 Å². The first-order valence-corrected chi connectivity index (χ1v) is 13.9. The molecule has 0 fully saturated rings. The van der Waals surface area contributed by atoms with Crippen molar-refractivity contribution >= 4 is 17.6 Å². The van der Waals surface area contributed by atoms with Gasteiger partial charge in [0.2, 0.25) is 5.91 Å². The average molecular weight is 573 g/mol. The summed E-state index contributed by atoms with van der Waals surface area (Å²) in [6, 6.07) is 14.2. The molecule has 1 aromatic carbocycles. The largest absolute Gasteiger partial charge is 0.394 e. The van der Waals surface area contributed by atoms with Crippen LogP contribution in [0.25, 0.3) is 0 Å². The van der Waals surface area contributed by atoms with Crippen molar-refractivity contribution in [3.63, 3.8) is 0 Å². The predicted octanol–water partition coefficient (Wildman–Crippen LogP) is 4.99. The number of nitrogens with one attached hydrogen (secondary N) is 2. The summed E-state index contributed by atoms with van der Waals surface area (Å²) in [5.74, 6) is 0.278. The zero-order valence-electron chi connectivity index (χ0n) is 22.7. The topological polar surface area (TPSA) is 102 Å². The van der Waals surface area contributed by atoms with E-state index in [0.29, 0.717) is 36.5 Å². The number of hydrogen-bond acceptors (Lipinski definition) is 5. The summed E-state index contributed by atoms with van der Waals surface area (Å²) in [7, 11) is 0. The van der Waals surface area contributed by atoms with Crippen LogP contribution in [0.5, 0.6) is 0 Å². The molecule has 0 radical (unpaired) electrons. The molecule has 0 bridgehead atoms. The minimum atomic E-state index is -4.39. The maximum Gasteiger partial charge on any atom is 0.394 e. The Hall–Kier alpha value is -4.54. The Morgan fingerprint density at radius 2 is 1.90 bits per heavy atom. The van der Waals surface area contributed by atoms with E-state index in [2.05, 4.69) is 25.6 Å². The summed E-state index contributed by atoms with van der Waals surface area (Å²) < 4.78 is 42.0. The standard InChI is InChI=1S/C31H27F3N6O2/c1-17-22(18-6-3-2-4-7-18)11-24(27-37-16-21(40(17)27)13-31(32,33)34)38-28(41)20-10-19-12-30(14-25(19)36-15-20)23-8-5-9-35-26(23)39-29(30)42/h2-10,15-17,22,24H,11-14H2,1H3,(H,38,41)(H,35,39,42)/t17-,22-,24+,30+/m1/s1. The van der Waals surface area contributed by atoms with Gasteiger partial charge in [-0.3, -0.25) is 14.6 Å². The quantitative estimate of drug-likeness (QED) is 0.359. The van der Waals surface area contributed by atoms with Crippen LogP contribution in [0.15, 0.2) is 67.1 Å². The Morgan fingerprint density at radius 1 is 1.10 bits per heavy atom. The summed E-state index contributed by atoms with van der Waals surface area (Å²) in [4.78, 5) is 39.9. The van der Waals surface area contributed by atoms with Crippen molar-refractivity contribution in [1.29, 1.82) is 0 Å². The number of benzene rings is 1. The third-order valence-electron chi connectivity index (χ3n) is 8.88. The second-order valence-corrected chi connectivity index (χ2v) is 11.4. The van der Waals surface area contributed by atoms with E-state index in [0.717, 1.165) is 22.4 Å². The molecule has 5 heterocycles. The lowest BCUT2D eigenvalue weighted by Crippen LogP contribution is -2.38. The van der Waals surface area contributed by atoms with Crippen LogP contribution in [-0.2, 0) is 29.5 Å². The van der Waals surface area contributed by atoms with Gasteiger partial charge in [-0.25, -0.2) is 9.97 Å². The van der Waals surface area contributed by atoms with Gasteiger partial charge in [-0.2, -0.15) is 13.2 Å². The lowest BCUT2D eigenvalue weighted by molar-refractivity contribution is -0.128. The molecule has 3 aliphatic rings. The number of hydrogen-bond donors (Lipinski definition) is 2.